The molecule has 0 unspecified atom stereocenters. The van der Waals surface area contributed by atoms with Gasteiger partial charge in [-0.1, -0.05) is 48.5 Å². The predicted octanol–water partition coefficient (Wildman–Crippen LogP) is 4.81. The summed E-state index contributed by atoms with van der Waals surface area (Å²) in [6.45, 7) is 0. The van der Waals surface area contributed by atoms with Gasteiger partial charge in [-0.25, -0.2) is 4.79 Å². The van der Waals surface area contributed by atoms with Crippen molar-refractivity contribution in [2.45, 2.75) is 0 Å². The monoisotopic (exact) mass is 288 g/mol. The molecule has 3 aromatic carbocycles. The van der Waals surface area contributed by atoms with E-state index in [1.165, 1.54) is 0 Å². The topological polar surface area (TPSA) is 39.4 Å². The van der Waals surface area contributed by atoms with Gasteiger partial charge in [-0.15, -0.1) is 0 Å². The lowest BCUT2D eigenvalue weighted by atomic mass is 10.1. The standard InChI is InChI=1S/C19H12O3/c20-19(13-7-2-1-3-8-13)22-17-12-6-10-15-14-9-4-5-11-16(14)21-18(15)17/h1-12H. The van der Waals surface area contributed by atoms with Crippen LogP contribution in [0.5, 0.6) is 5.75 Å². The van der Waals surface area contributed by atoms with E-state index in [1.54, 1.807) is 30.3 Å². The molecule has 0 saturated carbocycles. The van der Waals surface area contributed by atoms with Crippen molar-refractivity contribution in [2.75, 3.05) is 0 Å². The summed E-state index contributed by atoms with van der Waals surface area (Å²) in [7, 11) is 0. The summed E-state index contributed by atoms with van der Waals surface area (Å²) in [5.74, 6) is 0.0381. The molecule has 1 heterocycles. The van der Waals surface area contributed by atoms with Crippen molar-refractivity contribution < 1.29 is 13.9 Å². The number of hydrogen-bond donors (Lipinski definition) is 0. The Kier molecular flexibility index (Phi) is 2.90. The molecule has 0 atom stereocenters. The van der Waals surface area contributed by atoms with Crippen LogP contribution in [0.25, 0.3) is 21.9 Å². The maximum Gasteiger partial charge on any atom is 0.343 e. The molecule has 0 bridgehead atoms. The Morgan fingerprint density at radius 2 is 1.50 bits per heavy atom. The number of fused-ring (bicyclic) bond motifs is 3. The van der Waals surface area contributed by atoms with Gasteiger partial charge in [0.1, 0.15) is 5.58 Å². The lowest BCUT2D eigenvalue weighted by Crippen LogP contribution is -2.08. The van der Waals surface area contributed by atoms with Crippen molar-refractivity contribution in [2.24, 2.45) is 0 Å². The van der Waals surface area contributed by atoms with Gasteiger partial charge in [0.2, 0.25) is 0 Å². The second kappa shape index (κ2) is 5.04. The number of ether oxygens (including phenoxy) is 1. The lowest BCUT2D eigenvalue weighted by Gasteiger charge is -2.04. The Balaban J connectivity index is 1.80. The molecule has 106 valence electrons. The zero-order valence-electron chi connectivity index (χ0n) is 11.7. The molecule has 22 heavy (non-hydrogen) atoms. The number of para-hydroxylation sites is 2. The summed E-state index contributed by atoms with van der Waals surface area (Å²) < 4.78 is 11.4. The van der Waals surface area contributed by atoms with Crippen LogP contribution in [-0.4, -0.2) is 5.97 Å². The van der Waals surface area contributed by atoms with Crippen molar-refractivity contribution in [1.29, 1.82) is 0 Å². The normalized spacial score (nSPS) is 10.9. The van der Waals surface area contributed by atoms with E-state index < -0.39 is 5.97 Å². The highest BCUT2D eigenvalue weighted by Gasteiger charge is 2.14. The Hall–Kier alpha value is -3.07. The average Bonchev–Trinajstić information content (AvgIpc) is 2.95. The summed E-state index contributed by atoms with van der Waals surface area (Å²) in [4.78, 5) is 12.2. The lowest BCUT2D eigenvalue weighted by molar-refractivity contribution is 0.0735. The summed E-state index contributed by atoms with van der Waals surface area (Å²) in [6.07, 6.45) is 0. The highest BCUT2D eigenvalue weighted by Crippen LogP contribution is 2.34. The largest absolute Gasteiger partial charge is 0.452 e. The minimum Gasteiger partial charge on any atom is -0.452 e. The molecule has 0 radical (unpaired) electrons. The first kappa shape index (κ1) is 12.7. The fourth-order valence-electron chi connectivity index (χ4n) is 2.53. The van der Waals surface area contributed by atoms with Gasteiger partial charge in [0.15, 0.2) is 11.3 Å². The fraction of sp³-hybridized carbons (Fsp3) is 0. The van der Waals surface area contributed by atoms with Crippen LogP contribution in [0.2, 0.25) is 0 Å². The van der Waals surface area contributed by atoms with Gasteiger partial charge in [0, 0.05) is 10.8 Å². The molecule has 0 N–H and O–H groups in total. The molecule has 3 heteroatoms. The number of hydrogen-bond acceptors (Lipinski definition) is 3. The first-order valence-corrected chi connectivity index (χ1v) is 7.00. The molecule has 0 spiro atoms. The third-order valence-corrected chi connectivity index (χ3v) is 3.58. The minimum atomic E-state index is -0.395. The first-order valence-electron chi connectivity index (χ1n) is 7.00. The molecule has 4 aromatic rings. The first-order chi connectivity index (χ1) is 10.8. The van der Waals surface area contributed by atoms with Gasteiger partial charge in [-0.05, 0) is 24.3 Å². The van der Waals surface area contributed by atoms with Crippen LogP contribution < -0.4 is 4.74 Å². The van der Waals surface area contributed by atoms with E-state index in [2.05, 4.69) is 0 Å². The van der Waals surface area contributed by atoms with E-state index in [-0.39, 0.29) is 0 Å². The summed E-state index contributed by atoms with van der Waals surface area (Å²) >= 11 is 0. The van der Waals surface area contributed by atoms with E-state index in [4.69, 9.17) is 9.15 Å². The van der Waals surface area contributed by atoms with Crippen LogP contribution in [0.1, 0.15) is 10.4 Å². The predicted molar refractivity (Wildman–Crippen MR) is 85.1 cm³/mol. The van der Waals surface area contributed by atoms with Crippen LogP contribution >= 0.6 is 0 Å². The second-order valence-electron chi connectivity index (χ2n) is 4.99. The van der Waals surface area contributed by atoms with Crippen LogP contribution in [-0.2, 0) is 0 Å². The molecule has 0 aliphatic rings. The third kappa shape index (κ3) is 2.04. The third-order valence-electron chi connectivity index (χ3n) is 3.58. The van der Waals surface area contributed by atoms with E-state index in [0.717, 1.165) is 16.4 Å². The summed E-state index contributed by atoms with van der Waals surface area (Å²) in [6, 6.07) is 22.2. The van der Waals surface area contributed by atoms with Gasteiger partial charge >= 0.3 is 5.97 Å². The molecule has 0 amide bonds. The number of carbonyl (C=O) groups excluding carboxylic acids is 1. The molecule has 0 aliphatic heterocycles. The SMILES string of the molecule is O=C(Oc1cccc2c1oc1ccccc12)c1ccccc1. The Morgan fingerprint density at radius 3 is 2.36 bits per heavy atom. The van der Waals surface area contributed by atoms with E-state index >= 15 is 0 Å². The molecular weight excluding hydrogens is 276 g/mol. The number of benzene rings is 3. The minimum absolute atomic E-state index is 0.395. The smallest absolute Gasteiger partial charge is 0.343 e. The molecule has 3 nitrogen and oxygen atoms in total. The van der Waals surface area contributed by atoms with Crippen LogP contribution in [0.3, 0.4) is 0 Å². The Bertz CT molecular complexity index is 968. The van der Waals surface area contributed by atoms with Gasteiger partial charge in [0.25, 0.3) is 0 Å². The van der Waals surface area contributed by atoms with E-state index in [9.17, 15) is 4.79 Å². The van der Waals surface area contributed by atoms with Crippen molar-refractivity contribution in [3.05, 3.63) is 78.4 Å². The second-order valence-corrected chi connectivity index (χ2v) is 4.99. The zero-order chi connectivity index (χ0) is 14.9. The maximum atomic E-state index is 12.2. The molecule has 0 saturated heterocycles. The average molecular weight is 288 g/mol. The van der Waals surface area contributed by atoms with Gasteiger partial charge < -0.3 is 9.15 Å². The Morgan fingerprint density at radius 1 is 0.773 bits per heavy atom. The molecule has 0 aliphatic carbocycles. The molecule has 4 rings (SSSR count). The highest BCUT2D eigenvalue weighted by atomic mass is 16.5. The number of rotatable bonds is 2. The van der Waals surface area contributed by atoms with Crippen LogP contribution in [0, 0.1) is 0 Å². The van der Waals surface area contributed by atoms with Crippen LogP contribution in [0.4, 0.5) is 0 Å². The molecule has 0 fully saturated rings. The van der Waals surface area contributed by atoms with E-state index in [0.29, 0.717) is 16.9 Å². The van der Waals surface area contributed by atoms with Crippen molar-refractivity contribution in [3.63, 3.8) is 0 Å². The van der Waals surface area contributed by atoms with Crippen molar-refractivity contribution in [3.8, 4) is 5.75 Å². The van der Waals surface area contributed by atoms with Crippen molar-refractivity contribution in [1.82, 2.24) is 0 Å². The van der Waals surface area contributed by atoms with Crippen molar-refractivity contribution >= 4 is 27.9 Å². The van der Waals surface area contributed by atoms with Gasteiger partial charge in [-0.3, -0.25) is 0 Å². The Labute approximate surface area is 126 Å². The fourth-order valence-corrected chi connectivity index (χ4v) is 2.53. The molecular formula is C19H12O3. The summed E-state index contributed by atoms with van der Waals surface area (Å²) in [5.41, 5.74) is 1.88. The molecule has 1 aromatic heterocycles. The highest BCUT2D eigenvalue weighted by molar-refractivity contribution is 6.07. The number of furan rings is 1. The quantitative estimate of drug-likeness (QED) is 0.392. The maximum absolute atomic E-state index is 12.2. The number of carbonyl (C=O) groups is 1. The zero-order valence-corrected chi connectivity index (χ0v) is 11.7. The van der Waals surface area contributed by atoms with Crippen LogP contribution in [0.15, 0.2) is 77.2 Å². The van der Waals surface area contributed by atoms with Gasteiger partial charge in [-0.2, -0.15) is 0 Å². The summed E-state index contributed by atoms with van der Waals surface area (Å²) in [5, 5.41) is 1.95. The van der Waals surface area contributed by atoms with Gasteiger partial charge in [0.05, 0.1) is 5.56 Å². The van der Waals surface area contributed by atoms with E-state index in [1.807, 2.05) is 42.5 Å². The number of esters is 1.